The van der Waals surface area contributed by atoms with Gasteiger partial charge in [-0.2, -0.15) is 0 Å². The van der Waals surface area contributed by atoms with Crippen LogP contribution in [0.2, 0.25) is 0 Å². The average Bonchev–Trinajstić information content (AvgIpc) is 2.37. The number of hydrogen-bond acceptors (Lipinski definition) is 2. The van der Waals surface area contributed by atoms with Crippen molar-refractivity contribution < 1.29 is 17.9 Å². The number of rotatable bonds is 1. The summed E-state index contributed by atoms with van der Waals surface area (Å²) in [5, 5.41) is 2.94. The van der Waals surface area contributed by atoms with Crippen LogP contribution in [-0.2, 0) is 4.74 Å². The van der Waals surface area contributed by atoms with Crippen molar-refractivity contribution in [3.63, 3.8) is 0 Å². The maximum absolute atomic E-state index is 11.7. The second-order valence-electron chi connectivity index (χ2n) is 3.04. The number of hydrogen-bond donors (Lipinski definition) is 1. The van der Waals surface area contributed by atoms with Crippen molar-refractivity contribution in [3.05, 3.63) is 0 Å². The van der Waals surface area contributed by atoms with E-state index >= 15 is 0 Å². The highest BCUT2D eigenvalue weighted by Gasteiger charge is 2.52. The van der Waals surface area contributed by atoms with Crippen molar-refractivity contribution in [3.8, 4) is 0 Å². The third kappa shape index (κ3) is 1.22. The SMILES string of the molecule is FC(F)(F)O[C@H]1C2CNC1C2. The van der Waals surface area contributed by atoms with Gasteiger partial charge in [0.2, 0.25) is 0 Å². The molecule has 5 heteroatoms. The minimum absolute atomic E-state index is 0.0541. The Labute approximate surface area is 61.7 Å². The van der Waals surface area contributed by atoms with Crippen LogP contribution in [0.1, 0.15) is 6.42 Å². The van der Waals surface area contributed by atoms with E-state index in [9.17, 15) is 13.2 Å². The molecule has 1 saturated carbocycles. The van der Waals surface area contributed by atoms with E-state index in [0.29, 0.717) is 6.54 Å². The Morgan fingerprint density at radius 1 is 1.36 bits per heavy atom. The van der Waals surface area contributed by atoms with E-state index in [0.717, 1.165) is 6.42 Å². The zero-order valence-corrected chi connectivity index (χ0v) is 5.69. The molecule has 3 aliphatic rings. The van der Waals surface area contributed by atoms with Gasteiger partial charge in [0.15, 0.2) is 0 Å². The normalized spacial score (nSPS) is 42.3. The van der Waals surface area contributed by atoms with Gasteiger partial charge in [-0.05, 0) is 6.42 Å². The number of halogens is 3. The molecule has 64 valence electrons. The fraction of sp³-hybridized carbons (Fsp3) is 1.00. The molecule has 0 spiro atoms. The summed E-state index contributed by atoms with van der Waals surface area (Å²) in [6.07, 6.45) is -4.25. The zero-order chi connectivity index (χ0) is 8.06. The third-order valence-electron chi connectivity index (χ3n) is 2.33. The first-order valence-electron chi connectivity index (χ1n) is 3.54. The van der Waals surface area contributed by atoms with Crippen LogP contribution in [0, 0.1) is 5.92 Å². The molecule has 2 saturated heterocycles. The Balaban J connectivity index is 1.89. The first kappa shape index (κ1) is 7.36. The fourth-order valence-electron chi connectivity index (χ4n) is 1.76. The second-order valence-corrected chi connectivity index (χ2v) is 3.04. The molecule has 0 aromatic rings. The third-order valence-corrected chi connectivity index (χ3v) is 2.33. The average molecular weight is 167 g/mol. The van der Waals surface area contributed by atoms with E-state index in [2.05, 4.69) is 10.1 Å². The Morgan fingerprint density at radius 3 is 2.45 bits per heavy atom. The topological polar surface area (TPSA) is 21.3 Å². The minimum atomic E-state index is -4.46. The molecule has 3 rings (SSSR count). The highest BCUT2D eigenvalue weighted by molar-refractivity contribution is 5.03. The second kappa shape index (κ2) is 2.10. The van der Waals surface area contributed by atoms with Gasteiger partial charge in [-0.1, -0.05) is 0 Å². The largest absolute Gasteiger partial charge is 0.522 e. The van der Waals surface area contributed by atoms with Gasteiger partial charge < -0.3 is 5.32 Å². The molecule has 1 N–H and O–H groups in total. The quantitative estimate of drug-likeness (QED) is 0.626. The molecule has 0 amide bonds. The molecular formula is C6H8F3NO. The number of fused-ring (bicyclic) bond motifs is 1. The van der Waals surface area contributed by atoms with Crippen LogP contribution in [0.5, 0.6) is 0 Å². The molecule has 2 heterocycles. The molecule has 3 fully saturated rings. The van der Waals surface area contributed by atoms with Crippen molar-refractivity contribution >= 4 is 0 Å². The van der Waals surface area contributed by atoms with E-state index in [4.69, 9.17) is 0 Å². The van der Waals surface area contributed by atoms with Gasteiger partial charge in [0.1, 0.15) is 0 Å². The van der Waals surface area contributed by atoms with Crippen LogP contribution < -0.4 is 5.32 Å². The Morgan fingerprint density at radius 2 is 2.09 bits per heavy atom. The molecule has 11 heavy (non-hydrogen) atoms. The molecule has 1 aliphatic carbocycles. The molecule has 0 radical (unpaired) electrons. The maximum Gasteiger partial charge on any atom is 0.522 e. The van der Waals surface area contributed by atoms with Crippen LogP contribution in [-0.4, -0.2) is 25.1 Å². The van der Waals surface area contributed by atoms with E-state index in [-0.39, 0.29) is 12.0 Å². The van der Waals surface area contributed by atoms with E-state index < -0.39 is 12.5 Å². The molecule has 0 aromatic heterocycles. The van der Waals surface area contributed by atoms with Crippen molar-refractivity contribution in [1.82, 2.24) is 5.32 Å². The van der Waals surface area contributed by atoms with Gasteiger partial charge in [-0.15, -0.1) is 13.2 Å². The predicted molar refractivity (Wildman–Crippen MR) is 30.8 cm³/mol. The van der Waals surface area contributed by atoms with Crippen LogP contribution in [0.15, 0.2) is 0 Å². The van der Waals surface area contributed by atoms with Gasteiger partial charge in [-0.25, -0.2) is 0 Å². The van der Waals surface area contributed by atoms with Crippen LogP contribution >= 0.6 is 0 Å². The lowest BCUT2D eigenvalue weighted by atomic mass is 9.83. The molecule has 2 nitrogen and oxygen atoms in total. The summed E-state index contributed by atoms with van der Waals surface area (Å²) < 4.78 is 38.9. The first-order valence-corrected chi connectivity index (χ1v) is 3.54. The van der Waals surface area contributed by atoms with E-state index in [1.165, 1.54) is 0 Å². The molecule has 2 bridgehead atoms. The number of nitrogens with one attached hydrogen (secondary N) is 1. The summed E-state index contributed by atoms with van der Waals surface area (Å²) in [5.74, 6) is 0.0848. The van der Waals surface area contributed by atoms with Crippen LogP contribution in [0.3, 0.4) is 0 Å². The van der Waals surface area contributed by atoms with Crippen molar-refractivity contribution in [2.45, 2.75) is 24.9 Å². The van der Waals surface area contributed by atoms with E-state index in [1.807, 2.05) is 0 Å². The van der Waals surface area contributed by atoms with E-state index in [1.54, 1.807) is 0 Å². The smallest absolute Gasteiger partial charge is 0.311 e. The molecular weight excluding hydrogens is 159 g/mol. The van der Waals surface area contributed by atoms with Gasteiger partial charge in [-0.3, -0.25) is 4.74 Å². The number of alkyl halides is 3. The molecule has 3 atom stereocenters. The Hall–Kier alpha value is -0.290. The lowest BCUT2D eigenvalue weighted by Gasteiger charge is -2.34. The fourth-order valence-corrected chi connectivity index (χ4v) is 1.76. The summed E-state index contributed by atoms with van der Waals surface area (Å²) in [7, 11) is 0. The highest BCUT2D eigenvalue weighted by atomic mass is 19.4. The standard InChI is InChI=1S/C6H8F3NO/c7-6(8,9)11-5-3-1-4(5)10-2-3/h3-5,10H,1-2H2/t3?,4?,5-/m0/s1. The first-order chi connectivity index (χ1) is 5.06. The highest BCUT2D eigenvalue weighted by Crippen LogP contribution is 2.39. The van der Waals surface area contributed by atoms with Crippen molar-refractivity contribution in [1.29, 1.82) is 0 Å². The summed E-state index contributed by atoms with van der Waals surface area (Å²) in [6.45, 7) is 0.672. The monoisotopic (exact) mass is 167 g/mol. The van der Waals surface area contributed by atoms with Gasteiger partial charge >= 0.3 is 6.36 Å². The van der Waals surface area contributed by atoms with Gasteiger partial charge in [0, 0.05) is 18.5 Å². The zero-order valence-electron chi connectivity index (χ0n) is 5.69. The number of ether oxygens (including phenoxy) is 1. The van der Waals surface area contributed by atoms with Crippen LogP contribution in [0.25, 0.3) is 0 Å². The predicted octanol–water partition coefficient (Wildman–Crippen LogP) is 0.883. The summed E-state index contributed by atoms with van der Waals surface area (Å²) >= 11 is 0. The van der Waals surface area contributed by atoms with Crippen LogP contribution in [0.4, 0.5) is 13.2 Å². The Kier molecular flexibility index (Phi) is 1.41. The lowest BCUT2D eigenvalue weighted by Crippen LogP contribution is -2.46. The van der Waals surface area contributed by atoms with Gasteiger partial charge in [0.05, 0.1) is 6.10 Å². The van der Waals surface area contributed by atoms with Crippen molar-refractivity contribution in [2.75, 3.05) is 6.54 Å². The van der Waals surface area contributed by atoms with Gasteiger partial charge in [0.25, 0.3) is 0 Å². The summed E-state index contributed by atoms with van der Waals surface area (Å²) in [6, 6.07) is -0.0541. The Bertz CT molecular complexity index is 156. The minimum Gasteiger partial charge on any atom is -0.311 e. The molecule has 2 unspecified atom stereocenters. The van der Waals surface area contributed by atoms with Crippen molar-refractivity contribution in [2.24, 2.45) is 5.92 Å². The summed E-state index contributed by atoms with van der Waals surface area (Å²) in [5.41, 5.74) is 0. The maximum atomic E-state index is 11.7. The molecule has 0 aromatic carbocycles. The molecule has 2 aliphatic heterocycles. The lowest BCUT2D eigenvalue weighted by molar-refractivity contribution is -0.356. The summed E-state index contributed by atoms with van der Waals surface area (Å²) in [4.78, 5) is 0.